The number of hydrogen-bond donors (Lipinski definition) is 1. The zero-order valence-corrected chi connectivity index (χ0v) is 19.3. The molecule has 1 amide bonds. The van der Waals surface area contributed by atoms with Crippen LogP contribution in [0.25, 0.3) is 11.3 Å². The van der Waals surface area contributed by atoms with Crippen molar-refractivity contribution in [1.82, 2.24) is 19.9 Å². The number of amides is 1. The molecule has 3 aromatic rings. The van der Waals surface area contributed by atoms with Crippen LogP contribution in [-0.2, 0) is 6.18 Å². The van der Waals surface area contributed by atoms with Crippen molar-refractivity contribution in [3.05, 3.63) is 71.3 Å². The Bertz CT molecular complexity index is 1330. The lowest BCUT2D eigenvalue weighted by Gasteiger charge is -2.48. The molecule has 9 heteroatoms. The van der Waals surface area contributed by atoms with Gasteiger partial charge in [-0.15, -0.1) is 0 Å². The third-order valence-corrected chi connectivity index (χ3v) is 7.79. The molecule has 3 aliphatic rings. The second-order valence-corrected chi connectivity index (χ2v) is 9.94. The summed E-state index contributed by atoms with van der Waals surface area (Å²) in [6.07, 6.45) is 0.0774. The molecule has 1 aliphatic heterocycles. The minimum atomic E-state index is -4.42. The number of halogens is 3. The van der Waals surface area contributed by atoms with Crippen LogP contribution in [0.4, 0.5) is 19.0 Å². The zero-order valence-electron chi connectivity index (χ0n) is 19.3. The third-order valence-electron chi connectivity index (χ3n) is 7.79. The van der Waals surface area contributed by atoms with Gasteiger partial charge in [0.25, 0.3) is 5.91 Å². The van der Waals surface area contributed by atoms with E-state index >= 15 is 0 Å². The second-order valence-electron chi connectivity index (χ2n) is 9.94. The zero-order chi connectivity index (χ0) is 24.5. The quantitative estimate of drug-likeness (QED) is 0.577. The van der Waals surface area contributed by atoms with Crippen molar-refractivity contribution in [2.24, 2.45) is 11.3 Å². The van der Waals surface area contributed by atoms with Gasteiger partial charge in [-0.25, -0.2) is 9.97 Å². The van der Waals surface area contributed by atoms with Gasteiger partial charge >= 0.3 is 6.18 Å². The van der Waals surface area contributed by atoms with Gasteiger partial charge in [0.1, 0.15) is 11.5 Å². The lowest BCUT2D eigenvalue weighted by Crippen LogP contribution is -2.60. The van der Waals surface area contributed by atoms with E-state index in [9.17, 15) is 18.0 Å². The van der Waals surface area contributed by atoms with Gasteiger partial charge in [0, 0.05) is 36.2 Å². The van der Waals surface area contributed by atoms with Crippen LogP contribution in [0.15, 0.2) is 48.8 Å². The smallest absolute Gasteiger partial charge is 0.365 e. The van der Waals surface area contributed by atoms with Crippen molar-refractivity contribution in [2.45, 2.75) is 44.9 Å². The van der Waals surface area contributed by atoms with Gasteiger partial charge in [-0.2, -0.15) is 13.2 Å². The van der Waals surface area contributed by atoms with Gasteiger partial charge in [0.15, 0.2) is 0 Å². The number of rotatable bonds is 4. The first-order valence-corrected chi connectivity index (χ1v) is 11.7. The van der Waals surface area contributed by atoms with Crippen LogP contribution in [0, 0.1) is 25.2 Å². The molecule has 1 N–H and O–H groups in total. The maximum atomic E-state index is 13.9. The molecule has 0 radical (unpaired) electrons. The maximum Gasteiger partial charge on any atom is 0.417 e. The summed E-state index contributed by atoms with van der Waals surface area (Å²) in [5.41, 5.74) is 2.87. The third kappa shape index (κ3) is 3.47. The van der Waals surface area contributed by atoms with Crippen LogP contribution in [0.2, 0.25) is 0 Å². The average molecular weight is 480 g/mol. The number of piperidine rings is 1. The molecule has 0 aromatic carbocycles. The Balaban J connectivity index is 1.28. The number of anilines is 1. The summed E-state index contributed by atoms with van der Waals surface area (Å²) in [6, 6.07) is 9.87. The normalized spacial score (nSPS) is 26.5. The van der Waals surface area contributed by atoms with Gasteiger partial charge in [-0.3, -0.25) is 9.78 Å². The lowest BCUT2D eigenvalue weighted by molar-refractivity contribution is -0.137. The van der Waals surface area contributed by atoms with Crippen molar-refractivity contribution < 1.29 is 18.0 Å². The van der Waals surface area contributed by atoms with Crippen LogP contribution < -0.4 is 5.32 Å². The fourth-order valence-electron chi connectivity index (χ4n) is 6.01. The van der Waals surface area contributed by atoms with E-state index in [4.69, 9.17) is 0 Å². The number of nitrogens with zero attached hydrogens (tertiary/aromatic N) is 4. The number of pyridine rings is 3. The predicted molar refractivity (Wildman–Crippen MR) is 124 cm³/mol. The number of carbonyl (C=O) groups excluding carboxylic acids is 1. The highest BCUT2D eigenvalue weighted by Crippen LogP contribution is 2.71. The molecule has 2 saturated carbocycles. The van der Waals surface area contributed by atoms with E-state index in [0.29, 0.717) is 29.5 Å². The molecule has 3 fully saturated rings. The Morgan fingerprint density at radius 2 is 1.94 bits per heavy atom. The SMILES string of the molecule is Cc1ccc(-c2ncccc2C)c(C(=O)N2CC3CC34CC(Nc3ccc(C(F)(F)F)cn3)C24)n1. The molecule has 4 atom stereocenters. The number of likely N-dealkylation sites (tertiary alicyclic amines) is 1. The van der Waals surface area contributed by atoms with Gasteiger partial charge in [0.05, 0.1) is 17.3 Å². The minimum Gasteiger partial charge on any atom is -0.365 e. The summed E-state index contributed by atoms with van der Waals surface area (Å²) >= 11 is 0. The van der Waals surface area contributed by atoms with Crippen molar-refractivity contribution in [2.75, 3.05) is 11.9 Å². The summed E-state index contributed by atoms with van der Waals surface area (Å²) in [7, 11) is 0. The summed E-state index contributed by atoms with van der Waals surface area (Å²) in [5.74, 6) is 0.713. The van der Waals surface area contributed by atoms with Crippen LogP contribution in [0.5, 0.6) is 0 Å². The van der Waals surface area contributed by atoms with Crippen molar-refractivity contribution in [1.29, 1.82) is 0 Å². The standard InChI is InChI=1S/C26H24F3N5O/c1-14-4-3-9-30-21(14)18-7-5-15(2)32-22(18)24(35)34-13-17-10-25(17)11-19(23(25)34)33-20-8-6-16(12-31-20)26(27,28)29/h3-9,12,17,19,23H,10-11,13H2,1-2H3,(H,31,33). The molecule has 3 aromatic heterocycles. The number of alkyl halides is 3. The molecule has 0 bridgehead atoms. The maximum absolute atomic E-state index is 13.9. The minimum absolute atomic E-state index is 0.0379. The van der Waals surface area contributed by atoms with Crippen LogP contribution in [0.1, 0.15) is 40.2 Å². The molecule has 35 heavy (non-hydrogen) atoms. The summed E-state index contributed by atoms with van der Waals surface area (Å²) in [5, 5.41) is 3.28. The number of hydrogen-bond acceptors (Lipinski definition) is 5. The van der Waals surface area contributed by atoms with Gasteiger partial charge in [-0.1, -0.05) is 6.07 Å². The molecule has 1 saturated heterocycles. The first kappa shape index (κ1) is 22.0. The monoisotopic (exact) mass is 479 g/mol. The van der Waals surface area contributed by atoms with Gasteiger partial charge < -0.3 is 10.2 Å². The Morgan fingerprint density at radius 3 is 2.66 bits per heavy atom. The molecule has 180 valence electrons. The van der Waals surface area contributed by atoms with E-state index in [2.05, 4.69) is 20.3 Å². The van der Waals surface area contributed by atoms with E-state index in [1.165, 1.54) is 6.07 Å². The first-order chi connectivity index (χ1) is 16.7. The van der Waals surface area contributed by atoms with Crippen molar-refractivity contribution in [3.63, 3.8) is 0 Å². The highest BCUT2D eigenvalue weighted by atomic mass is 19.4. The molecule has 4 unspecified atom stereocenters. The fourth-order valence-corrected chi connectivity index (χ4v) is 6.01. The molecule has 6 nitrogen and oxygen atoms in total. The first-order valence-electron chi connectivity index (χ1n) is 11.7. The molecular formula is C26H24F3N5O. The van der Waals surface area contributed by atoms with Gasteiger partial charge in [-0.05, 0) is 73.9 Å². The molecule has 1 spiro atoms. The summed E-state index contributed by atoms with van der Waals surface area (Å²) in [4.78, 5) is 28.9. The molecular weight excluding hydrogens is 455 g/mol. The molecule has 4 heterocycles. The Labute approximate surface area is 200 Å². The van der Waals surface area contributed by atoms with Crippen LogP contribution in [0.3, 0.4) is 0 Å². The Morgan fingerprint density at radius 1 is 1.11 bits per heavy atom. The lowest BCUT2D eigenvalue weighted by atomic mass is 9.71. The molecule has 2 aliphatic carbocycles. The Kier molecular flexibility index (Phi) is 4.72. The van der Waals surface area contributed by atoms with E-state index in [0.717, 1.165) is 42.1 Å². The number of carbonyl (C=O) groups is 1. The van der Waals surface area contributed by atoms with Crippen molar-refractivity contribution >= 4 is 11.7 Å². The number of nitrogens with one attached hydrogen (secondary N) is 1. The highest BCUT2D eigenvalue weighted by molar-refractivity contribution is 5.99. The predicted octanol–water partition coefficient (Wildman–Crippen LogP) is 4.89. The highest BCUT2D eigenvalue weighted by Gasteiger charge is 2.75. The van der Waals surface area contributed by atoms with E-state index in [-0.39, 0.29) is 23.4 Å². The van der Waals surface area contributed by atoms with E-state index in [1.807, 2.05) is 43.0 Å². The number of aromatic nitrogens is 3. The van der Waals surface area contributed by atoms with Crippen molar-refractivity contribution in [3.8, 4) is 11.3 Å². The van der Waals surface area contributed by atoms with Gasteiger partial charge in [0.2, 0.25) is 0 Å². The summed E-state index contributed by atoms with van der Waals surface area (Å²) < 4.78 is 38.7. The van der Waals surface area contributed by atoms with E-state index < -0.39 is 11.7 Å². The largest absolute Gasteiger partial charge is 0.417 e. The summed E-state index contributed by atoms with van der Waals surface area (Å²) in [6.45, 7) is 4.48. The number of aryl methyl sites for hydroxylation is 2. The molecule has 6 rings (SSSR count). The second kappa shape index (κ2) is 7.50. The topological polar surface area (TPSA) is 71.0 Å². The van der Waals surface area contributed by atoms with Crippen LogP contribution >= 0.6 is 0 Å². The van der Waals surface area contributed by atoms with Crippen LogP contribution in [-0.4, -0.2) is 44.4 Å². The Hall–Kier alpha value is -3.49. The van der Waals surface area contributed by atoms with E-state index in [1.54, 1.807) is 6.20 Å². The average Bonchev–Trinajstić information content (AvgIpc) is 3.47. The fraction of sp³-hybridized carbons (Fsp3) is 0.385.